The van der Waals surface area contributed by atoms with Crippen LogP contribution in [0.4, 0.5) is 0 Å². The van der Waals surface area contributed by atoms with Crippen molar-refractivity contribution < 1.29 is 23.1 Å². The molecule has 0 saturated heterocycles. The first-order valence-electron chi connectivity index (χ1n) is 9.81. The highest BCUT2D eigenvalue weighted by Crippen LogP contribution is 2.21. The van der Waals surface area contributed by atoms with Crippen LogP contribution in [0.15, 0.2) is 82.8 Å². The Bertz CT molecular complexity index is 1330. The van der Waals surface area contributed by atoms with Crippen LogP contribution in [0.5, 0.6) is 0 Å². The molecule has 3 rings (SSSR count). The van der Waals surface area contributed by atoms with Gasteiger partial charge in [-0.15, -0.1) is 0 Å². The highest BCUT2D eigenvalue weighted by molar-refractivity contribution is 7.89. The van der Waals surface area contributed by atoms with E-state index in [1.807, 2.05) is 0 Å². The van der Waals surface area contributed by atoms with Gasteiger partial charge in [-0.2, -0.15) is 9.41 Å². The average Bonchev–Trinajstić information content (AvgIpc) is 2.79. The molecule has 0 saturated carbocycles. The van der Waals surface area contributed by atoms with Crippen molar-refractivity contribution in [2.75, 3.05) is 6.54 Å². The first kappa shape index (κ1) is 25.4. The minimum absolute atomic E-state index is 0.00778. The minimum atomic E-state index is -4.08. The monoisotopic (exact) mass is 519 g/mol. The molecular formula is C23H19Cl2N3O5S. The molecule has 0 heterocycles. The van der Waals surface area contributed by atoms with Crippen molar-refractivity contribution in [1.29, 1.82) is 0 Å². The highest BCUT2D eigenvalue weighted by Gasteiger charge is 2.27. The third kappa shape index (κ3) is 6.64. The van der Waals surface area contributed by atoms with Gasteiger partial charge in [0.2, 0.25) is 10.0 Å². The summed E-state index contributed by atoms with van der Waals surface area (Å²) in [5, 5.41) is 13.8. The molecular weight excluding hydrogens is 501 g/mol. The van der Waals surface area contributed by atoms with Gasteiger partial charge >= 0.3 is 5.97 Å². The Labute approximate surface area is 206 Å². The zero-order valence-electron chi connectivity index (χ0n) is 17.6. The van der Waals surface area contributed by atoms with Gasteiger partial charge in [-0.25, -0.2) is 18.6 Å². The summed E-state index contributed by atoms with van der Waals surface area (Å²) in [6.07, 6.45) is 1.18. The Morgan fingerprint density at radius 1 is 0.971 bits per heavy atom. The molecule has 0 aliphatic rings. The molecule has 0 aliphatic heterocycles. The number of carboxylic acids is 1. The van der Waals surface area contributed by atoms with Gasteiger partial charge in [0.1, 0.15) is 0 Å². The molecule has 176 valence electrons. The van der Waals surface area contributed by atoms with E-state index < -0.39 is 28.4 Å². The SMILES string of the molecule is O=C(CN(Cc1cccc(Cl)c1)S(=O)(=O)c1ccc(Cl)cc1)N/N=C\c1ccccc1C(=O)O. The maximum absolute atomic E-state index is 13.2. The third-order valence-electron chi connectivity index (χ3n) is 4.60. The Kier molecular flexibility index (Phi) is 8.41. The van der Waals surface area contributed by atoms with Crippen LogP contribution in [0.3, 0.4) is 0 Å². The molecule has 34 heavy (non-hydrogen) atoms. The maximum Gasteiger partial charge on any atom is 0.336 e. The molecule has 0 aromatic heterocycles. The van der Waals surface area contributed by atoms with Gasteiger partial charge in [-0.1, -0.05) is 53.5 Å². The Morgan fingerprint density at radius 3 is 2.35 bits per heavy atom. The summed E-state index contributed by atoms with van der Waals surface area (Å²) in [7, 11) is -4.08. The lowest BCUT2D eigenvalue weighted by atomic mass is 10.1. The number of amides is 1. The fourth-order valence-corrected chi connectivity index (χ4v) is 4.72. The molecule has 3 aromatic carbocycles. The molecule has 0 bridgehead atoms. The Morgan fingerprint density at radius 2 is 1.68 bits per heavy atom. The van der Waals surface area contributed by atoms with E-state index in [9.17, 15) is 23.1 Å². The fraction of sp³-hybridized carbons (Fsp3) is 0.0870. The van der Waals surface area contributed by atoms with Crippen molar-refractivity contribution in [3.8, 4) is 0 Å². The van der Waals surface area contributed by atoms with Crippen molar-refractivity contribution >= 4 is 51.3 Å². The normalized spacial score (nSPS) is 11.6. The number of benzene rings is 3. The van der Waals surface area contributed by atoms with Crippen LogP contribution in [-0.4, -0.2) is 42.5 Å². The zero-order chi connectivity index (χ0) is 24.7. The second kappa shape index (κ2) is 11.3. The van der Waals surface area contributed by atoms with Gasteiger partial charge < -0.3 is 5.11 Å². The summed E-state index contributed by atoms with van der Waals surface area (Å²) in [5.74, 6) is -1.86. The first-order valence-corrected chi connectivity index (χ1v) is 12.0. The number of carbonyl (C=O) groups excluding carboxylic acids is 1. The van der Waals surface area contributed by atoms with Crippen LogP contribution in [0, 0.1) is 0 Å². The Balaban J connectivity index is 1.81. The molecule has 2 N–H and O–H groups in total. The van der Waals surface area contributed by atoms with Gasteiger partial charge in [0.25, 0.3) is 5.91 Å². The van der Waals surface area contributed by atoms with Crippen LogP contribution in [0.25, 0.3) is 0 Å². The topological polar surface area (TPSA) is 116 Å². The quantitative estimate of drug-likeness (QED) is 0.327. The summed E-state index contributed by atoms with van der Waals surface area (Å²) < 4.78 is 27.5. The number of carboxylic acid groups (broad SMARTS) is 1. The summed E-state index contributed by atoms with van der Waals surface area (Å²) in [6.45, 7) is -0.667. The summed E-state index contributed by atoms with van der Waals surface area (Å²) in [5.41, 5.74) is 3.11. The number of nitrogens with one attached hydrogen (secondary N) is 1. The molecule has 0 fully saturated rings. The summed E-state index contributed by atoms with van der Waals surface area (Å²) in [6, 6.07) is 18.3. The number of nitrogens with zero attached hydrogens (tertiary/aromatic N) is 2. The lowest BCUT2D eigenvalue weighted by Gasteiger charge is -2.21. The van der Waals surface area contributed by atoms with Crippen molar-refractivity contribution in [1.82, 2.24) is 9.73 Å². The summed E-state index contributed by atoms with van der Waals surface area (Å²) in [4.78, 5) is 23.8. The molecule has 1 amide bonds. The summed E-state index contributed by atoms with van der Waals surface area (Å²) >= 11 is 11.9. The predicted octanol–water partition coefficient (Wildman–Crippen LogP) is 4.03. The van der Waals surface area contributed by atoms with E-state index in [4.69, 9.17) is 23.2 Å². The fourth-order valence-electron chi connectivity index (χ4n) is 2.99. The molecule has 0 atom stereocenters. The lowest BCUT2D eigenvalue weighted by molar-refractivity contribution is -0.121. The standard InChI is InChI=1S/C23H19Cl2N3O5S/c24-18-8-10-20(11-9-18)34(32,33)28(14-16-4-3-6-19(25)12-16)15-22(29)27-26-13-17-5-1-2-7-21(17)23(30)31/h1-13H,14-15H2,(H,27,29)(H,30,31)/b26-13-. The van der Waals surface area contributed by atoms with Gasteiger partial charge in [-0.3, -0.25) is 4.79 Å². The van der Waals surface area contributed by atoms with E-state index in [1.54, 1.807) is 36.4 Å². The van der Waals surface area contributed by atoms with E-state index in [2.05, 4.69) is 10.5 Å². The number of hydrogen-bond acceptors (Lipinski definition) is 5. The number of hydrogen-bond donors (Lipinski definition) is 2. The minimum Gasteiger partial charge on any atom is -0.478 e. The number of hydrazone groups is 1. The third-order valence-corrected chi connectivity index (χ3v) is 6.90. The molecule has 11 heteroatoms. The van der Waals surface area contributed by atoms with Crippen molar-refractivity contribution in [2.45, 2.75) is 11.4 Å². The predicted molar refractivity (Wildman–Crippen MR) is 130 cm³/mol. The molecule has 0 unspecified atom stereocenters. The number of sulfonamides is 1. The van der Waals surface area contributed by atoms with E-state index in [-0.39, 0.29) is 22.6 Å². The number of aromatic carboxylic acids is 1. The number of rotatable bonds is 9. The smallest absolute Gasteiger partial charge is 0.336 e. The highest BCUT2D eigenvalue weighted by atomic mass is 35.5. The van der Waals surface area contributed by atoms with E-state index in [0.717, 1.165) is 4.31 Å². The van der Waals surface area contributed by atoms with E-state index in [0.29, 0.717) is 15.6 Å². The average molecular weight is 520 g/mol. The largest absolute Gasteiger partial charge is 0.478 e. The molecule has 0 radical (unpaired) electrons. The van der Waals surface area contributed by atoms with Gasteiger partial charge in [0, 0.05) is 22.2 Å². The van der Waals surface area contributed by atoms with Gasteiger partial charge in [-0.05, 0) is 48.0 Å². The number of halogens is 2. The van der Waals surface area contributed by atoms with Crippen LogP contribution in [-0.2, 0) is 21.4 Å². The van der Waals surface area contributed by atoms with Crippen LogP contribution >= 0.6 is 23.2 Å². The molecule has 8 nitrogen and oxygen atoms in total. The molecule has 3 aromatic rings. The second-order valence-electron chi connectivity index (χ2n) is 7.04. The first-order chi connectivity index (χ1) is 16.2. The maximum atomic E-state index is 13.2. The zero-order valence-corrected chi connectivity index (χ0v) is 19.9. The number of carbonyl (C=O) groups is 2. The second-order valence-corrected chi connectivity index (χ2v) is 9.85. The molecule has 0 spiro atoms. The van der Waals surface area contributed by atoms with E-state index >= 15 is 0 Å². The van der Waals surface area contributed by atoms with Crippen molar-refractivity contribution in [3.05, 3.63) is 99.5 Å². The van der Waals surface area contributed by atoms with Gasteiger partial charge in [0.05, 0.1) is 23.2 Å². The lowest BCUT2D eigenvalue weighted by Crippen LogP contribution is -2.39. The van der Waals surface area contributed by atoms with Gasteiger partial charge in [0.15, 0.2) is 0 Å². The van der Waals surface area contributed by atoms with Crippen LogP contribution in [0.1, 0.15) is 21.5 Å². The van der Waals surface area contributed by atoms with Crippen LogP contribution < -0.4 is 5.43 Å². The van der Waals surface area contributed by atoms with E-state index in [1.165, 1.54) is 42.6 Å². The molecule has 0 aliphatic carbocycles. The van der Waals surface area contributed by atoms with Crippen molar-refractivity contribution in [2.24, 2.45) is 5.10 Å². The van der Waals surface area contributed by atoms with Crippen molar-refractivity contribution in [3.63, 3.8) is 0 Å². The Hall–Kier alpha value is -3.24. The van der Waals surface area contributed by atoms with Crippen LogP contribution in [0.2, 0.25) is 10.0 Å².